The molecule has 0 bridgehead atoms. The fourth-order valence-electron chi connectivity index (χ4n) is 6.36. The average molecular weight is 643 g/mol. The summed E-state index contributed by atoms with van der Waals surface area (Å²) in [4.78, 5) is 16.9. The molecular weight excluding hydrogens is 609 g/mol. The summed E-state index contributed by atoms with van der Waals surface area (Å²) in [6, 6.07) is 54.3. The second kappa shape index (κ2) is 13.8. The van der Waals surface area contributed by atoms with Crippen molar-refractivity contribution in [2.45, 2.75) is 0 Å². The molecule has 7 aromatic rings. The fraction of sp³-hybridized carbons (Fsp3) is 0.0217. The largest absolute Gasteiger partial charge is 0.337 e. The third-order valence-corrected chi connectivity index (χ3v) is 8.92. The van der Waals surface area contributed by atoms with Gasteiger partial charge < -0.3 is 4.90 Å². The van der Waals surface area contributed by atoms with Crippen LogP contribution < -0.4 is 4.90 Å². The van der Waals surface area contributed by atoms with Crippen LogP contribution in [0.2, 0.25) is 0 Å². The van der Waals surface area contributed by atoms with Crippen molar-refractivity contribution in [3.63, 3.8) is 0 Å². The molecule has 0 aliphatic carbocycles. The van der Waals surface area contributed by atoms with Gasteiger partial charge in [-0.3, -0.25) is 4.98 Å². The third-order valence-electron chi connectivity index (χ3n) is 8.92. The molecular formula is C46H34N4. The lowest BCUT2D eigenvalue weighted by Gasteiger charge is -2.27. The molecule has 0 fully saturated rings. The Hall–Kier alpha value is -6.65. The zero-order valence-electron chi connectivity index (χ0n) is 27.5. The number of fused-ring (bicyclic) bond motifs is 1. The molecule has 8 rings (SSSR count). The number of nitrogens with zero attached hydrogens (tertiary/aromatic N) is 4. The van der Waals surface area contributed by atoms with Gasteiger partial charge in [-0.2, -0.15) is 0 Å². The van der Waals surface area contributed by atoms with Gasteiger partial charge in [0.05, 0.1) is 17.1 Å². The van der Waals surface area contributed by atoms with Gasteiger partial charge in [-0.25, -0.2) is 9.97 Å². The molecule has 0 radical (unpaired) electrons. The monoisotopic (exact) mass is 642 g/mol. The predicted molar refractivity (Wildman–Crippen MR) is 208 cm³/mol. The highest BCUT2D eigenvalue weighted by Crippen LogP contribution is 2.39. The Morgan fingerprint density at radius 1 is 0.520 bits per heavy atom. The van der Waals surface area contributed by atoms with Gasteiger partial charge in [-0.05, 0) is 76.4 Å². The standard InChI is InChI=1S/C46H34N4/c1-33-30-38(34-14-5-2-6-15-34)20-13-29-50(45-27-24-39(31-41(33)45)35-16-7-3-8-17-35)40-25-22-36(23-26-40)43-32-44(42-21-11-12-28-47-42)49-46(48-43)37-18-9-4-10-19-37/h2-28,30-32H,1,29H2/b20-13-,38-30+. The number of benzene rings is 5. The summed E-state index contributed by atoms with van der Waals surface area (Å²) in [6.45, 7) is 5.29. The number of hydrogen-bond acceptors (Lipinski definition) is 4. The predicted octanol–water partition coefficient (Wildman–Crippen LogP) is 11.3. The number of anilines is 2. The number of hydrogen-bond donors (Lipinski definition) is 0. The van der Waals surface area contributed by atoms with E-state index in [1.807, 2.05) is 60.7 Å². The van der Waals surface area contributed by atoms with Crippen LogP contribution in [0.25, 0.3) is 56.3 Å². The maximum atomic E-state index is 5.02. The Balaban J connectivity index is 1.21. The van der Waals surface area contributed by atoms with E-state index in [1.54, 1.807) is 6.20 Å². The van der Waals surface area contributed by atoms with Gasteiger partial charge in [-0.1, -0.05) is 134 Å². The zero-order chi connectivity index (χ0) is 33.7. The molecule has 238 valence electrons. The van der Waals surface area contributed by atoms with E-state index >= 15 is 0 Å². The van der Waals surface area contributed by atoms with Gasteiger partial charge in [0.25, 0.3) is 0 Å². The molecule has 4 heteroatoms. The lowest BCUT2D eigenvalue weighted by atomic mass is 9.95. The van der Waals surface area contributed by atoms with Gasteiger partial charge in [0, 0.05) is 40.8 Å². The molecule has 0 N–H and O–H groups in total. The minimum atomic E-state index is 0.668. The second-order valence-electron chi connectivity index (χ2n) is 12.2. The van der Waals surface area contributed by atoms with Crippen molar-refractivity contribution in [3.8, 4) is 45.2 Å². The molecule has 5 aromatic carbocycles. The maximum Gasteiger partial charge on any atom is 0.160 e. The summed E-state index contributed by atoms with van der Waals surface area (Å²) in [5.41, 5.74) is 13.2. The molecule has 2 aromatic heterocycles. The van der Waals surface area contributed by atoms with Crippen molar-refractivity contribution in [1.82, 2.24) is 15.0 Å². The van der Waals surface area contributed by atoms with Crippen molar-refractivity contribution < 1.29 is 0 Å². The first kappa shape index (κ1) is 30.7. The van der Waals surface area contributed by atoms with E-state index in [4.69, 9.17) is 9.97 Å². The van der Waals surface area contributed by atoms with Gasteiger partial charge in [0.1, 0.15) is 0 Å². The van der Waals surface area contributed by atoms with Crippen molar-refractivity contribution >= 4 is 22.5 Å². The van der Waals surface area contributed by atoms with Gasteiger partial charge >= 0.3 is 0 Å². The normalized spacial score (nSPS) is 14.4. The van der Waals surface area contributed by atoms with E-state index in [0.29, 0.717) is 12.4 Å². The summed E-state index contributed by atoms with van der Waals surface area (Å²) < 4.78 is 0. The molecule has 0 unspecified atom stereocenters. The summed E-state index contributed by atoms with van der Waals surface area (Å²) >= 11 is 0. The second-order valence-corrected chi connectivity index (χ2v) is 12.2. The molecule has 0 saturated carbocycles. The lowest BCUT2D eigenvalue weighted by molar-refractivity contribution is 1.09. The molecule has 0 atom stereocenters. The van der Waals surface area contributed by atoms with Crippen LogP contribution in [0.5, 0.6) is 0 Å². The maximum absolute atomic E-state index is 5.02. The first-order valence-corrected chi connectivity index (χ1v) is 16.8. The smallest absolute Gasteiger partial charge is 0.160 e. The Kier molecular flexibility index (Phi) is 8.49. The van der Waals surface area contributed by atoms with Crippen molar-refractivity contribution in [1.29, 1.82) is 0 Å². The number of aromatic nitrogens is 3. The van der Waals surface area contributed by atoms with Crippen LogP contribution in [0.4, 0.5) is 11.4 Å². The summed E-state index contributed by atoms with van der Waals surface area (Å²) in [5.74, 6) is 0.668. The van der Waals surface area contributed by atoms with Crippen LogP contribution in [0.1, 0.15) is 11.1 Å². The molecule has 0 saturated heterocycles. The van der Waals surface area contributed by atoms with Crippen molar-refractivity contribution in [3.05, 3.63) is 200 Å². The van der Waals surface area contributed by atoms with Crippen LogP contribution in [0.15, 0.2) is 189 Å². The summed E-state index contributed by atoms with van der Waals surface area (Å²) in [5, 5.41) is 0. The molecule has 1 aliphatic heterocycles. The van der Waals surface area contributed by atoms with Gasteiger partial charge in [0.2, 0.25) is 0 Å². The minimum absolute atomic E-state index is 0.668. The lowest BCUT2D eigenvalue weighted by Crippen LogP contribution is -2.18. The fourth-order valence-corrected chi connectivity index (χ4v) is 6.36. The highest BCUT2D eigenvalue weighted by molar-refractivity contribution is 5.93. The molecule has 0 amide bonds. The summed E-state index contributed by atoms with van der Waals surface area (Å²) in [7, 11) is 0. The van der Waals surface area contributed by atoms with Crippen LogP contribution in [-0.2, 0) is 0 Å². The zero-order valence-corrected chi connectivity index (χ0v) is 27.5. The topological polar surface area (TPSA) is 41.9 Å². The number of allylic oxidation sites excluding steroid dienone is 4. The van der Waals surface area contributed by atoms with Crippen molar-refractivity contribution in [2.75, 3.05) is 11.4 Å². The highest BCUT2D eigenvalue weighted by atomic mass is 15.1. The SMILES string of the molecule is C=C1/C=C(c2ccccc2)\C=C/CN(c2ccc(-c3cc(-c4ccccn4)nc(-c4ccccc4)n3)cc2)c2ccc(-c3ccccc3)cc21. The Morgan fingerprint density at radius 3 is 1.86 bits per heavy atom. The quantitative estimate of drug-likeness (QED) is 0.181. The Morgan fingerprint density at radius 2 is 1.16 bits per heavy atom. The molecule has 4 nitrogen and oxygen atoms in total. The van der Waals surface area contributed by atoms with E-state index in [-0.39, 0.29) is 0 Å². The molecule has 0 spiro atoms. The minimum Gasteiger partial charge on any atom is -0.337 e. The highest BCUT2D eigenvalue weighted by Gasteiger charge is 2.18. The Labute approximate surface area is 293 Å². The van der Waals surface area contributed by atoms with Crippen LogP contribution >= 0.6 is 0 Å². The number of pyridine rings is 1. The van der Waals surface area contributed by atoms with E-state index < -0.39 is 0 Å². The molecule has 50 heavy (non-hydrogen) atoms. The first-order chi connectivity index (χ1) is 24.7. The van der Waals surface area contributed by atoms with Crippen molar-refractivity contribution in [2.24, 2.45) is 0 Å². The number of rotatable bonds is 6. The van der Waals surface area contributed by atoms with E-state index in [9.17, 15) is 0 Å². The van der Waals surface area contributed by atoms with E-state index in [1.165, 1.54) is 5.56 Å². The third kappa shape index (κ3) is 6.43. The van der Waals surface area contributed by atoms with Crippen LogP contribution in [0.3, 0.4) is 0 Å². The Bertz CT molecular complexity index is 2270. The molecule has 3 heterocycles. The van der Waals surface area contributed by atoms with Gasteiger partial charge in [0.15, 0.2) is 5.82 Å². The van der Waals surface area contributed by atoms with E-state index in [2.05, 4.69) is 132 Å². The molecule has 1 aliphatic rings. The first-order valence-electron chi connectivity index (χ1n) is 16.8. The van der Waals surface area contributed by atoms with Crippen LogP contribution in [0, 0.1) is 0 Å². The van der Waals surface area contributed by atoms with E-state index in [0.717, 1.165) is 67.4 Å². The average Bonchev–Trinajstić information content (AvgIpc) is 3.26. The van der Waals surface area contributed by atoms with Crippen LogP contribution in [-0.4, -0.2) is 21.5 Å². The van der Waals surface area contributed by atoms with Gasteiger partial charge in [-0.15, -0.1) is 0 Å². The summed E-state index contributed by atoms with van der Waals surface area (Å²) in [6.07, 6.45) is 8.43.